The molecular weight excluding hydrogens is 292 g/mol. The van der Waals surface area contributed by atoms with Crippen LogP contribution in [0.2, 0.25) is 0 Å². The Labute approximate surface area is 109 Å². The Morgan fingerprint density at radius 2 is 1.60 bits per heavy atom. The Morgan fingerprint density at radius 3 is 2.05 bits per heavy atom. The molecule has 1 aromatic carbocycles. The van der Waals surface area contributed by atoms with Gasteiger partial charge in [0.25, 0.3) is 0 Å². The molecule has 1 amide bonds. The van der Waals surface area contributed by atoms with Gasteiger partial charge >= 0.3 is 12.5 Å². The number of carbonyl (C=O) groups excluding carboxylic acids is 1. The summed E-state index contributed by atoms with van der Waals surface area (Å²) in [7, 11) is 0. The average Bonchev–Trinajstić information content (AvgIpc) is 2.23. The first-order valence-electron chi connectivity index (χ1n) is 5.23. The number of nitrogens with one attached hydrogen (secondary N) is 1. The first-order valence-corrected chi connectivity index (χ1v) is 5.23. The van der Waals surface area contributed by atoms with Crippen LogP contribution < -0.4 is 10.1 Å². The molecule has 0 aliphatic rings. The van der Waals surface area contributed by atoms with E-state index < -0.39 is 30.6 Å². The second-order valence-corrected chi connectivity index (χ2v) is 3.76. The van der Waals surface area contributed by atoms with Crippen molar-refractivity contribution in [1.29, 1.82) is 0 Å². The molecule has 0 saturated heterocycles. The van der Waals surface area contributed by atoms with Crippen LogP contribution in [0.4, 0.5) is 26.3 Å². The minimum Gasteiger partial charge on any atom is -0.406 e. The Morgan fingerprint density at radius 1 is 1.05 bits per heavy atom. The fourth-order valence-corrected chi connectivity index (χ4v) is 1.25. The van der Waals surface area contributed by atoms with Crippen LogP contribution in [0.1, 0.15) is 12.0 Å². The number of rotatable bonds is 4. The van der Waals surface area contributed by atoms with Crippen molar-refractivity contribution in [2.24, 2.45) is 0 Å². The number of carbonyl (C=O) groups is 1. The molecule has 0 radical (unpaired) electrons. The van der Waals surface area contributed by atoms with Gasteiger partial charge in [0.05, 0.1) is 0 Å². The highest BCUT2D eigenvalue weighted by Crippen LogP contribution is 2.23. The number of benzene rings is 1. The summed E-state index contributed by atoms with van der Waals surface area (Å²) in [5.41, 5.74) is 0.343. The van der Waals surface area contributed by atoms with E-state index in [-0.39, 0.29) is 6.54 Å². The Bertz CT molecular complexity index is 451. The number of halogens is 6. The van der Waals surface area contributed by atoms with E-state index in [1.807, 2.05) is 5.32 Å². The molecule has 0 heterocycles. The Hall–Kier alpha value is -1.93. The normalized spacial score (nSPS) is 12.1. The van der Waals surface area contributed by atoms with Crippen LogP contribution in [0.25, 0.3) is 0 Å². The molecule has 1 rings (SSSR count). The molecule has 0 saturated carbocycles. The smallest absolute Gasteiger partial charge is 0.406 e. The van der Waals surface area contributed by atoms with E-state index in [0.29, 0.717) is 5.56 Å². The van der Waals surface area contributed by atoms with Gasteiger partial charge in [0.1, 0.15) is 12.2 Å². The zero-order chi connectivity index (χ0) is 15.4. The molecule has 112 valence electrons. The minimum atomic E-state index is -4.82. The zero-order valence-electron chi connectivity index (χ0n) is 9.81. The van der Waals surface area contributed by atoms with Crippen molar-refractivity contribution in [1.82, 2.24) is 5.32 Å². The summed E-state index contributed by atoms with van der Waals surface area (Å²) in [5.74, 6) is -1.67. The molecule has 0 aromatic heterocycles. The number of amides is 1. The molecule has 0 fully saturated rings. The van der Waals surface area contributed by atoms with Gasteiger partial charge in [0.15, 0.2) is 0 Å². The Balaban J connectivity index is 2.48. The van der Waals surface area contributed by atoms with Crippen LogP contribution in [0.5, 0.6) is 5.75 Å². The van der Waals surface area contributed by atoms with Gasteiger partial charge in [-0.15, -0.1) is 13.2 Å². The molecule has 9 heteroatoms. The molecule has 0 unspecified atom stereocenters. The first-order chi connectivity index (χ1) is 9.05. The van der Waals surface area contributed by atoms with Gasteiger partial charge in [-0.1, -0.05) is 12.1 Å². The van der Waals surface area contributed by atoms with E-state index in [1.54, 1.807) is 0 Å². The van der Waals surface area contributed by atoms with Crippen molar-refractivity contribution in [2.75, 3.05) is 0 Å². The second-order valence-electron chi connectivity index (χ2n) is 3.76. The van der Waals surface area contributed by atoms with Crippen molar-refractivity contribution < 1.29 is 35.9 Å². The number of hydrogen-bond donors (Lipinski definition) is 1. The summed E-state index contributed by atoms with van der Waals surface area (Å²) in [5, 5.41) is 2.00. The van der Waals surface area contributed by atoms with Gasteiger partial charge in [-0.2, -0.15) is 13.2 Å². The summed E-state index contributed by atoms with van der Waals surface area (Å²) in [6, 6.07) is 4.40. The second kappa shape index (κ2) is 6.02. The molecule has 0 atom stereocenters. The zero-order valence-corrected chi connectivity index (χ0v) is 9.81. The van der Waals surface area contributed by atoms with Gasteiger partial charge in [-0.25, -0.2) is 0 Å². The third-order valence-electron chi connectivity index (χ3n) is 2.01. The van der Waals surface area contributed by atoms with Crippen LogP contribution >= 0.6 is 0 Å². The molecule has 0 aliphatic heterocycles. The van der Waals surface area contributed by atoms with E-state index >= 15 is 0 Å². The highest BCUT2D eigenvalue weighted by molar-refractivity contribution is 5.76. The van der Waals surface area contributed by atoms with Crippen molar-refractivity contribution in [3.8, 4) is 5.75 Å². The fourth-order valence-electron chi connectivity index (χ4n) is 1.25. The van der Waals surface area contributed by atoms with Gasteiger partial charge in [-0.3, -0.25) is 4.79 Å². The molecule has 1 N–H and O–H groups in total. The predicted molar refractivity (Wildman–Crippen MR) is 55.6 cm³/mol. The SMILES string of the molecule is O=C(CC(F)(F)F)NCc1ccc(OC(F)(F)F)cc1. The number of ether oxygens (including phenoxy) is 1. The first kappa shape index (κ1) is 16.1. The molecule has 0 bridgehead atoms. The maximum Gasteiger partial charge on any atom is 0.573 e. The number of alkyl halides is 6. The van der Waals surface area contributed by atoms with E-state index in [2.05, 4.69) is 4.74 Å². The quantitative estimate of drug-likeness (QED) is 0.868. The fraction of sp³-hybridized carbons (Fsp3) is 0.364. The molecule has 0 spiro atoms. The van der Waals surface area contributed by atoms with E-state index in [4.69, 9.17) is 0 Å². The van der Waals surface area contributed by atoms with Gasteiger partial charge in [0.2, 0.25) is 5.91 Å². The monoisotopic (exact) mass is 301 g/mol. The highest BCUT2D eigenvalue weighted by Gasteiger charge is 2.31. The lowest BCUT2D eigenvalue weighted by atomic mass is 10.2. The third kappa shape index (κ3) is 6.86. The van der Waals surface area contributed by atoms with Gasteiger partial charge in [0, 0.05) is 6.54 Å². The summed E-state index contributed by atoms with van der Waals surface area (Å²) in [6.07, 6.45) is -11.0. The summed E-state index contributed by atoms with van der Waals surface area (Å²) >= 11 is 0. The van der Waals surface area contributed by atoms with Crippen molar-refractivity contribution in [3.63, 3.8) is 0 Å². The number of hydrogen-bond acceptors (Lipinski definition) is 2. The van der Waals surface area contributed by atoms with Gasteiger partial charge in [-0.05, 0) is 17.7 Å². The van der Waals surface area contributed by atoms with Crippen LogP contribution in [-0.4, -0.2) is 18.4 Å². The summed E-state index contributed by atoms with van der Waals surface area (Å²) in [6.45, 7) is -0.221. The van der Waals surface area contributed by atoms with Crippen molar-refractivity contribution >= 4 is 5.91 Å². The standard InChI is InChI=1S/C11H9F6NO2/c12-10(13,14)5-9(19)18-6-7-1-3-8(4-2-7)20-11(15,16)17/h1-4H,5-6H2,(H,18,19). The molecule has 0 aliphatic carbocycles. The van der Waals surface area contributed by atoms with E-state index in [9.17, 15) is 31.1 Å². The van der Waals surface area contributed by atoms with Crippen molar-refractivity contribution in [3.05, 3.63) is 29.8 Å². The topological polar surface area (TPSA) is 38.3 Å². The lowest BCUT2D eigenvalue weighted by Gasteiger charge is -2.10. The highest BCUT2D eigenvalue weighted by atomic mass is 19.4. The van der Waals surface area contributed by atoms with E-state index in [1.165, 1.54) is 12.1 Å². The van der Waals surface area contributed by atoms with E-state index in [0.717, 1.165) is 12.1 Å². The predicted octanol–water partition coefficient (Wildman–Crippen LogP) is 3.15. The van der Waals surface area contributed by atoms with Crippen LogP contribution in [0.3, 0.4) is 0 Å². The van der Waals surface area contributed by atoms with Crippen molar-refractivity contribution in [2.45, 2.75) is 25.5 Å². The molecule has 20 heavy (non-hydrogen) atoms. The van der Waals surface area contributed by atoms with Crippen LogP contribution in [0.15, 0.2) is 24.3 Å². The molecule has 3 nitrogen and oxygen atoms in total. The van der Waals surface area contributed by atoms with Crippen LogP contribution in [0, 0.1) is 0 Å². The summed E-state index contributed by atoms with van der Waals surface area (Å²) in [4.78, 5) is 10.9. The van der Waals surface area contributed by atoms with Crippen LogP contribution in [-0.2, 0) is 11.3 Å². The Kier molecular flexibility index (Phi) is 4.85. The minimum absolute atomic E-state index is 0.221. The largest absolute Gasteiger partial charge is 0.573 e. The lowest BCUT2D eigenvalue weighted by Crippen LogP contribution is -2.28. The molecule has 1 aromatic rings. The molecular formula is C11H9F6NO2. The average molecular weight is 301 g/mol. The maximum absolute atomic E-state index is 11.9. The summed E-state index contributed by atoms with van der Waals surface area (Å²) < 4.78 is 74.8. The van der Waals surface area contributed by atoms with Gasteiger partial charge < -0.3 is 10.1 Å². The third-order valence-corrected chi connectivity index (χ3v) is 2.01. The lowest BCUT2D eigenvalue weighted by molar-refractivity contribution is -0.274. The maximum atomic E-state index is 11.9.